The predicted octanol–water partition coefficient (Wildman–Crippen LogP) is 4.12. The molecule has 0 bridgehead atoms. The van der Waals surface area contributed by atoms with Crippen molar-refractivity contribution in [3.63, 3.8) is 0 Å². The minimum atomic E-state index is -0.779. The van der Waals surface area contributed by atoms with Crippen LogP contribution in [0.1, 0.15) is 25.0 Å². The minimum absolute atomic E-state index is 0.412. The second-order valence-corrected chi connectivity index (χ2v) is 7.23. The van der Waals surface area contributed by atoms with Gasteiger partial charge in [-0.3, -0.25) is 0 Å². The highest BCUT2D eigenvalue weighted by atomic mass is 16.7. The first kappa shape index (κ1) is 18.7. The third kappa shape index (κ3) is 4.11. The first-order valence-corrected chi connectivity index (χ1v) is 9.18. The monoisotopic (exact) mass is 389 g/mol. The average Bonchev–Trinajstić information content (AvgIpc) is 2.69. The summed E-state index contributed by atoms with van der Waals surface area (Å²) in [6.45, 7) is 3.68. The Morgan fingerprint density at radius 1 is 1.14 bits per heavy atom. The topological polar surface area (TPSA) is 78.1 Å². The fraction of sp³-hybridized carbons (Fsp3) is 0.174. The normalized spacial score (nSPS) is 16.6. The van der Waals surface area contributed by atoms with Crippen LogP contribution < -0.4 is 10.4 Å². The molecular weight excluding hydrogens is 370 g/mol. The van der Waals surface area contributed by atoms with Crippen LogP contribution in [-0.2, 0) is 16.1 Å². The molecule has 0 fully saturated rings. The molecule has 2 aromatic carbocycles. The maximum Gasteiger partial charge on any atom is 0.358 e. The Balaban J connectivity index is 1.55. The van der Waals surface area contributed by atoms with E-state index >= 15 is 0 Å². The number of carbonyl (C=O) groups excluding carboxylic acids is 1. The standard InChI is InChI=1S/C23H19NO5/c1-23(2)20(24-29-22(26)10-8-15-6-4-3-5-7-15)13-17-12-16-9-11-21(25)27-18(16)14-19(17)28-23/h3-12,14H,13H2,1-2H3. The van der Waals surface area contributed by atoms with E-state index in [9.17, 15) is 9.59 Å². The zero-order valence-corrected chi connectivity index (χ0v) is 16.0. The summed E-state index contributed by atoms with van der Waals surface area (Å²) < 4.78 is 11.3. The number of rotatable bonds is 3. The zero-order chi connectivity index (χ0) is 20.4. The van der Waals surface area contributed by atoms with Crippen molar-refractivity contribution >= 4 is 28.7 Å². The van der Waals surface area contributed by atoms with Crippen LogP contribution in [-0.4, -0.2) is 17.3 Å². The molecule has 1 aromatic heterocycles. The van der Waals surface area contributed by atoms with Gasteiger partial charge in [0.05, 0.1) is 0 Å². The molecule has 29 heavy (non-hydrogen) atoms. The molecule has 0 aliphatic carbocycles. The number of oxime groups is 1. The molecule has 0 radical (unpaired) electrons. The Morgan fingerprint density at radius 2 is 1.93 bits per heavy atom. The van der Waals surface area contributed by atoms with Crippen molar-refractivity contribution in [2.75, 3.05) is 0 Å². The van der Waals surface area contributed by atoms with E-state index in [0.29, 0.717) is 23.5 Å². The van der Waals surface area contributed by atoms with Crippen molar-refractivity contribution < 1.29 is 18.8 Å². The highest BCUT2D eigenvalue weighted by Crippen LogP contribution is 2.34. The molecule has 0 saturated heterocycles. The molecule has 0 amide bonds. The molecule has 6 nitrogen and oxygen atoms in total. The zero-order valence-electron chi connectivity index (χ0n) is 16.0. The lowest BCUT2D eigenvalue weighted by Gasteiger charge is -2.33. The Labute approximate surface area is 167 Å². The summed E-state index contributed by atoms with van der Waals surface area (Å²) >= 11 is 0. The molecule has 6 heteroatoms. The number of hydrogen-bond acceptors (Lipinski definition) is 6. The summed E-state index contributed by atoms with van der Waals surface area (Å²) in [6.07, 6.45) is 3.45. The number of carbonyl (C=O) groups is 1. The third-order valence-corrected chi connectivity index (χ3v) is 4.68. The van der Waals surface area contributed by atoms with Crippen LogP contribution in [0.15, 0.2) is 75.0 Å². The lowest BCUT2D eigenvalue weighted by molar-refractivity contribution is -0.137. The minimum Gasteiger partial charge on any atom is -0.481 e. The van der Waals surface area contributed by atoms with Crippen molar-refractivity contribution in [2.45, 2.75) is 25.9 Å². The number of ether oxygens (including phenoxy) is 1. The maximum absolute atomic E-state index is 12.0. The summed E-state index contributed by atoms with van der Waals surface area (Å²) in [4.78, 5) is 28.5. The van der Waals surface area contributed by atoms with Crippen molar-refractivity contribution in [3.05, 3.63) is 82.2 Å². The van der Waals surface area contributed by atoms with E-state index in [2.05, 4.69) is 5.16 Å². The van der Waals surface area contributed by atoms with Crippen LogP contribution in [0.5, 0.6) is 5.75 Å². The quantitative estimate of drug-likeness (QED) is 0.291. The van der Waals surface area contributed by atoms with E-state index in [-0.39, 0.29) is 0 Å². The molecule has 0 N–H and O–H groups in total. The van der Waals surface area contributed by atoms with Gasteiger partial charge >= 0.3 is 11.6 Å². The fourth-order valence-corrected chi connectivity index (χ4v) is 3.11. The molecule has 3 aromatic rings. The van der Waals surface area contributed by atoms with Gasteiger partial charge in [0, 0.05) is 35.6 Å². The highest BCUT2D eigenvalue weighted by Gasteiger charge is 2.34. The van der Waals surface area contributed by atoms with E-state index < -0.39 is 17.2 Å². The lowest BCUT2D eigenvalue weighted by Crippen LogP contribution is -2.43. The first-order chi connectivity index (χ1) is 13.9. The van der Waals surface area contributed by atoms with Crippen molar-refractivity contribution in [1.29, 1.82) is 0 Å². The Morgan fingerprint density at radius 3 is 2.72 bits per heavy atom. The van der Waals surface area contributed by atoms with Gasteiger partial charge < -0.3 is 14.0 Å². The van der Waals surface area contributed by atoms with Gasteiger partial charge in [0.1, 0.15) is 22.6 Å². The Bertz CT molecular complexity index is 1190. The molecule has 146 valence electrons. The van der Waals surface area contributed by atoms with Crippen LogP contribution >= 0.6 is 0 Å². The number of hydrogen-bond donors (Lipinski definition) is 0. The Kier molecular flexibility index (Phi) is 4.76. The predicted molar refractivity (Wildman–Crippen MR) is 110 cm³/mol. The van der Waals surface area contributed by atoms with Crippen LogP contribution in [0.2, 0.25) is 0 Å². The average molecular weight is 389 g/mol. The molecule has 0 unspecified atom stereocenters. The van der Waals surface area contributed by atoms with Crippen molar-refractivity contribution in [1.82, 2.24) is 0 Å². The van der Waals surface area contributed by atoms with Gasteiger partial charge in [0.2, 0.25) is 0 Å². The van der Waals surface area contributed by atoms with E-state index in [1.54, 1.807) is 18.2 Å². The van der Waals surface area contributed by atoms with Gasteiger partial charge in [-0.1, -0.05) is 35.5 Å². The van der Waals surface area contributed by atoms with E-state index in [0.717, 1.165) is 16.5 Å². The SMILES string of the molecule is CC1(C)Oc2cc3oc(=O)ccc3cc2CC1=NOC(=O)C=Cc1ccccc1. The molecule has 1 aliphatic rings. The largest absolute Gasteiger partial charge is 0.481 e. The van der Waals surface area contributed by atoms with Crippen LogP contribution in [0.4, 0.5) is 0 Å². The maximum atomic E-state index is 12.0. The molecule has 0 atom stereocenters. The molecule has 4 rings (SSSR count). The lowest BCUT2D eigenvalue weighted by atomic mass is 9.91. The molecule has 2 heterocycles. The molecule has 0 spiro atoms. The summed E-state index contributed by atoms with van der Waals surface area (Å²) in [7, 11) is 0. The second-order valence-electron chi connectivity index (χ2n) is 7.23. The fourth-order valence-electron chi connectivity index (χ4n) is 3.11. The van der Waals surface area contributed by atoms with Crippen molar-refractivity contribution in [3.8, 4) is 5.75 Å². The number of benzene rings is 2. The van der Waals surface area contributed by atoms with Gasteiger partial charge in [0.25, 0.3) is 0 Å². The Hall–Kier alpha value is -3.67. The van der Waals surface area contributed by atoms with Crippen LogP contribution in [0.25, 0.3) is 17.0 Å². The summed E-state index contributed by atoms with van der Waals surface area (Å²) in [6, 6.07) is 16.1. The van der Waals surface area contributed by atoms with E-state index in [1.165, 1.54) is 12.1 Å². The van der Waals surface area contributed by atoms with Crippen molar-refractivity contribution in [2.24, 2.45) is 5.16 Å². The number of nitrogens with zero attached hydrogens (tertiary/aromatic N) is 1. The summed E-state index contributed by atoms with van der Waals surface area (Å²) in [5.74, 6) is 0.0503. The van der Waals surface area contributed by atoms with Gasteiger partial charge in [-0.15, -0.1) is 0 Å². The van der Waals surface area contributed by atoms with Crippen LogP contribution in [0.3, 0.4) is 0 Å². The molecule has 1 aliphatic heterocycles. The highest BCUT2D eigenvalue weighted by molar-refractivity contribution is 5.97. The first-order valence-electron chi connectivity index (χ1n) is 9.18. The van der Waals surface area contributed by atoms with Gasteiger partial charge in [-0.2, -0.15) is 0 Å². The van der Waals surface area contributed by atoms with Gasteiger partial charge in [-0.05, 0) is 37.6 Å². The van der Waals surface area contributed by atoms with Gasteiger partial charge in [0.15, 0.2) is 0 Å². The number of fused-ring (bicyclic) bond motifs is 2. The second kappa shape index (κ2) is 7.39. The van der Waals surface area contributed by atoms with E-state index in [4.69, 9.17) is 14.0 Å². The molecule has 0 saturated carbocycles. The third-order valence-electron chi connectivity index (χ3n) is 4.68. The summed E-state index contributed by atoms with van der Waals surface area (Å²) in [5, 5.41) is 4.84. The van der Waals surface area contributed by atoms with Gasteiger partial charge in [-0.25, -0.2) is 9.59 Å². The van der Waals surface area contributed by atoms with E-state index in [1.807, 2.05) is 50.2 Å². The summed E-state index contributed by atoms with van der Waals surface area (Å²) in [5.41, 5.74) is 1.63. The molecular formula is C23H19NO5. The smallest absolute Gasteiger partial charge is 0.358 e. The van der Waals surface area contributed by atoms with Crippen LogP contribution in [0, 0.1) is 0 Å².